The molecule has 0 spiro atoms. The Balaban J connectivity index is 2.40. The maximum atomic E-state index is 12.5. The lowest BCUT2D eigenvalue weighted by Crippen LogP contribution is -2.06. The predicted molar refractivity (Wildman–Crippen MR) is 67.2 cm³/mol. The highest BCUT2D eigenvalue weighted by atomic mass is 19.4. The molecule has 2 aromatic rings. The van der Waals surface area contributed by atoms with Crippen LogP contribution in [0.4, 0.5) is 13.2 Å². The van der Waals surface area contributed by atoms with Gasteiger partial charge in [-0.3, -0.25) is 4.79 Å². The van der Waals surface area contributed by atoms with Crippen molar-refractivity contribution in [2.75, 3.05) is 0 Å². The molecule has 0 amide bonds. The normalized spacial score (nSPS) is 11.1. The molecule has 0 unspecified atom stereocenters. The molecule has 1 N–H and O–H groups in total. The highest BCUT2D eigenvalue weighted by Gasteiger charge is 2.30. The molecule has 108 valence electrons. The first-order valence-corrected chi connectivity index (χ1v) is 5.80. The first-order valence-electron chi connectivity index (χ1n) is 5.80. The third-order valence-electron chi connectivity index (χ3n) is 2.84. The topological polar surface area (TPSA) is 66.0 Å². The fourth-order valence-corrected chi connectivity index (χ4v) is 1.91. The second-order valence-electron chi connectivity index (χ2n) is 4.34. The highest BCUT2D eigenvalue weighted by Crippen LogP contribution is 2.32. The summed E-state index contributed by atoms with van der Waals surface area (Å²) >= 11 is 0. The molecule has 0 fully saturated rings. The fourth-order valence-electron chi connectivity index (χ4n) is 1.91. The second kappa shape index (κ2) is 5.32. The molecular formula is C14H9F3N2O2. The van der Waals surface area contributed by atoms with Gasteiger partial charge in [-0.25, -0.2) is 0 Å². The zero-order chi connectivity index (χ0) is 15.6. The highest BCUT2D eigenvalue weighted by molar-refractivity contribution is 5.72. The van der Waals surface area contributed by atoms with E-state index in [9.17, 15) is 18.0 Å². The van der Waals surface area contributed by atoms with Crippen LogP contribution < -0.4 is 0 Å². The minimum absolute atomic E-state index is 0.205. The molecule has 7 heteroatoms. The summed E-state index contributed by atoms with van der Waals surface area (Å²) in [5, 5.41) is 17.7. The molecule has 2 rings (SSSR count). The summed E-state index contributed by atoms with van der Waals surface area (Å²) in [6, 6.07) is 6.25. The molecule has 0 aliphatic carbocycles. The Bertz CT molecular complexity index is 709. The zero-order valence-corrected chi connectivity index (χ0v) is 10.6. The molecule has 0 radical (unpaired) electrons. The largest absolute Gasteiger partial charge is 0.480 e. The molecule has 0 bridgehead atoms. The maximum Gasteiger partial charge on any atom is 0.416 e. The van der Waals surface area contributed by atoms with Gasteiger partial charge < -0.3 is 9.67 Å². The van der Waals surface area contributed by atoms with E-state index in [0.717, 1.165) is 12.1 Å². The van der Waals surface area contributed by atoms with Crippen molar-refractivity contribution >= 4 is 5.97 Å². The van der Waals surface area contributed by atoms with Crippen LogP contribution in [0.5, 0.6) is 0 Å². The molecule has 0 aliphatic heterocycles. The van der Waals surface area contributed by atoms with Gasteiger partial charge >= 0.3 is 12.1 Å². The lowest BCUT2D eigenvalue weighted by molar-refractivity contribution is -0.138. The third kappa shape index (κ3) is 3.23. The van der Waals surface area contributed by atoms with Crippen molar-refractivity contribution in [3.63, 3.8) is 0 Å². The maximum absolute atomic E-state index is 12.5. The van der Waals surface area contributed by atoms with Gasteiger partial charge in [-0.05, 0) is 17.7 Å². The zero-order valence-electron chi connectivity index (χ0n) is 10.6. The van der Waals surface area contributed by atoms with Crippen molar-refractivity contribution in [2.24, 2.45) is 0 Å². The average molecular weight is 294 g/mol. The minimum atomic E-state index is -4.42. The van der Waals surface area contributed by atoms with E-state index >= 15 is 0 Å². The van der Waals surface area contributed by atoms with Crippen molar-refractivity contribution in [3.8, 4) is 17.2 Å². The van der Waals surface area contributed by atoms with Crippen LogP contribution in [0.25, 0.3) is 11.1 Å². The minimum Gasteiger partial charge on any atom is -0.480 e. The number of hydrogen-bond acceptors (Lipinski definition) is 2. The Morgan fingerprint density at radius 3 is 2.33 bits per heavy atom. The number of halogens is 3. The van der Waals surface area contributed by atoms with Gasteiger partial charge in [0.15, 0.2) is 0 Å². The fraction of sp³-hybridized carbons (Fsp3) is 0.143. The van der Waals surface area contributed by atoms with Crippen molar-refractivity contribution in [3.05, 3.63) is 47.8 Å². The number of alkyl halides is 3. The van der Waals surface area contributed by atoms with E-state index < -0.39 is 17.7 Å². The number of carboxylic acids is 1. The van der Waals surface area contributed by atoms with Crippen molar-refractivity contribution in [2.45, 2.75) is 12.7 Å². The second-order valence-corrected chi connectivity index (χ2v) is 4.34. The number of hydrogen-bond donors (Lipinski definition) is 1. The van der Waals surface area contributed by atoms with Crippen LogP contribution >= 0.6 is 0 Å². The van der Waals surface area contributed by atoms with Gasteiger partial charge in [-0.1, -0.05) is 12.1 Å². The van der Waals surface area contributed by atoms with Gasteiger partial charge in [-0.2, -0.15) is 18.4 Å². The van der Waals surface area contributed by atoms with E-state index in [1.165, 1.54) is 29.1 Å². The summed E-state index contributed by atoms with van der Waals surface area (Å²) in [4.78, 5) is 10.6. The number of benzene rings is 1. The molecule has 1 aromatic heterocycles. The molecule has 0 atom stereocenters. The summed E-state index contributed by atoms with van der Waals surface area (Å²) in [7, 11) is 0. The average Bonchev–Trinajstić information content (AvgIpc) is 2.80. The molecule has 0 saturated carbocycles. The van der Waals surface area contributed by atoms with Gasteiger partial charge in [0.25, 0.3) is 0 Å². The predicted octanol–water partition coefficient (Wildman–Crippen LogP) is 3.13. The number of carbonyl (C=O) groups is 1. The number of nitrogens with zero attached hydrogens (tertiary/aromatic N) is 2. The Hall–Kier alpha value is -2.75. The monoisotopic (exact) mass is 294 g/mol. The first kappa shape index (κ1) is 14.7. The van der Waals surface area contributed by atoms with Crippen molar-refractivity contribution in [1.82, 2.24) is 4.57 Å². The standard InChI is InChI=1S/C14H9F3N2O2/c15-14(16,17)11-3-1-9(2-4-11)12-7-19(8-13(20)21)6-10(12)5-18/h1-4,6-7H,8H2,(H,20,21). The number of aliphatic carboxylic acids is 1. The molecule has 4 nitrogen and oxygen atoms in total. The summed E-state index contributed by atoms with van der Waals surface area (Å²) < 4.78 is 38.8. The van der Waals surface area contributed by atoms with Crippen molar-refractivity contribution in [1.29, 1.82) is 5.26 Å². The van der Waals surface area contributed by atoms with Crippen LogP contribution in [0.2, 0.25) is 0 Å². The van der Waals surface area contributed by atoms with E-state index in [2.05, 4.69) is 0 Å². The van der Waals surface area contributed by atoms with Crippen LogP contribution in [0.3, 0.4) is 0 Å². The van der Waals surface area contributed by atoms with Crippen LogP contribution in [0.1, 0.15) is 11.1 Å². The first-order chi connectivity index (χ1) is 9.81. The smallest absolute Gasteiger partial charge is 0.416 e. The van der Waals surface area contributed by atoms with Gasteiger partial charge in [0.05, 0.1) is 11.1 Å². The molecule has 1 heterocycles. The SMILES string of the molecule is N#Cc1cn(CC(=O)O)cc1-c1ccc(C(F)(F)F)cc1. The quantitative estimate of drug-likeness (QED) is 0.945. The van der Waals surface area contributed by atoms with Crippen LogP contribution in [0, 0.1) is 11.3 Å². The number of rotatable bonds is 3. The van der Waals surface area contributed by atoms with Gasteiger partial charge in [0.1, 0.15) is 12.6 Å². The molecular weight excluding hydrogens is 285 g/mol. The molecule has 1 aromatic carbocycles. The molecule has 0 aliphatic rings. The number of carboxylic acid groups (broad SMARTS) is 1. The van der Waals surface area contributed by atoms with E-state index in [-0.39, 0.29) is 12.1 Å². The van der Waals surface area contributed by atoms with E-state index in [0.29, 0.717) is 11.1 Å². The van der Waals surface area contributed by atoms with Crippen LogP contribution in [-0.2, 0) is 17.5 Å². The van der Waals surface area contributed by atoms with E-state index in [1.54, 1.807) is 0 Å². The number of aromatic nitrogens is 1. The summed E-state index contributed by atoms with van der Waals surface area (Å²) in [5.41, 5.74) is 0.238. The lowest BCUT2D eigenvalue weighted by Gasteiger charge is -2.07. The summed E-state index contributed by atoms with van der Waals surface area (Å²) in [5.74, 6) is -1.08. The van der Waals surface area contributed by atoms with Crippen LogP contribution in [-0.4, -0.2) is 15.6 Å². The lowest BCUT2D eigenvalue weighted by atomic mass is 10.0. The van der Waals surface area contributed by atoms with E-state index in [1.807, 2.05) is 6.07 Å². The Kier molecular flexibility index (Phi) is 3.72. The van der Waals surface area contributed by atoms with Crippen LogP contribution in [0.15, 0.2) is 36.7 Å². The number of nitriles is 1. The molecule has 21 heavy (non-hydrogen) atoms. The Morgan fingerprint density at radius 1 is 1.24 bits per heavy atom. The van der Waals surface area contributed by atoms with Crippen molar-refractivity contribution < 1.29 is 23.1 Å². The third-order valence-corrected chi connectivity index (χ3v) is 2.84. The van der Waals surface area contributed by atoms with Gasteiger partial charge in [0.2, 0.25) is 0 Å². The molecule has 0 saturated heterocycles. The summed E-state index contributed by atoms with van der Waals surface area (Å²) in [6.07, 6.45) is -1.65. The Morgan fingerprint density at radius 2 is 1.86 bits per heavy atom. The Labute approximate surface area is 117 Å². The van der Waals surface area contributed by atoms with Gasteiger partial charge in [-0.15, -0.1) is 0 Å². The van der Waals surface area contributed by atoms with Gasteiger partial charge in [0, 0.05) is 18.0 Å². The van der Waals surface area contributed by atoms with E-state index in [4.69, 9.17) is 10.4 Å². The summed E-state index contributed by atoms with van der Waals surface area (Å²) in [6.45, 7) is -0.324.